The first kappa shape index (κ1) is 18.7. The van der Waals surface area contributed by atoms with Crippen LogP contribution < -0.4 is 5.14 Å². The van der Waals surface area contributed by atoms with Crippen LogP contribution in [0, 0.1) is 17.2 Å². The molecule has 128 valence electrons. The van der Waals surface area contributed by atoms with E-state index in [4.69, 9.17) is 22.0 Å². The largest absolute Gasteiger partial charge is 0.272 e. The number of nitriles is 1. The molecule has 0 spiro atoms. The standard InChI is InChI=1S/C17H21ClN4OS/c1-12(9-17(2,3)24(20)23)11-22-7-6-16(21-22)13-4-5-14(10-19)15(18)8-13/h4-8,12H,9,11,20H2,1-3H3/t12-,24?/m0/s1. The first-order chi connectivity index (χ1) is 11.2. The lowest BCUT2D eigenvalue weighted by Crippen LogP contribution is -2.34. The summed E-state index contributed by atoms with van der Waals surface area (Å²) in [6.07, 6.45) is 2.65. The quantitative estimate of drug-likeness (QED) is 0.851. The predicted molar refractivity (Wildman–Crippen MR) is 97.6 cm³/mol. The first-order valence-electron chi connectivity index (χ1n) is 7.62. The van der Waals surface area contributed by atoms with Crippen LogP contribution in [0.1, 0.15) is 32.8 Å². The molecule has 1 heterocycles. The molecule has 0 bridgehead atoms. The zero-order chi connectivity index (χ0) is 17.9. The maximum Gasteiger partial charge on any atom is 0.101 e. The molecular formula is C17H21ClN4OS. The van der Waals surface area contributed by atoms with Crippen molar-refractivity contribution in [3.05, 3.63) is 41.0 Å². The van der Waals surface area contributed by atoms with Crippen LogP contribution in [-0.4, -0.2) is 18.7 Å². The van der Waals surface area contributed by atoms with E-state index in [9.17, 15) is 4.21 Å². The Balaban J connectivity index is 2.10. The lowest BCUT2D eigenvalue weighted by atomic mass is 9.98. The van der Waals surface area contributed by atoms with Crippen molar-refractivity contribution < 1.29 is 4.21 Å². The summed E-state index contributed by atoms with van der Waals surface area (Å²) >= 11 is 6.08. The van der Waals surface area contributed by atoms with Gasteiger partial charge < -0.3 is 0 Å². The number of hydrogen-bond acceptors (Lipinski definition) is 3. The van der Waals surface area contributed by atoms with E-state index in [1.165, 1.54) is 0 Å². The Morgan fingerprint density at radius 1 is 1.46 bits per heavy atom. The molecule has 1 unspecified atom stereocenters. The van der Waals surface area contributed by atoms with E-state index in [2.05, 4.69) is 12.0 Å². The van der Waals surface area contributed by atoms with Gasteiger partial charge in [-0.15, -0.1) is 0 Å². The Labute approximate surface area is 150 Å². The van der Waals surface area contributed by atoms with Gasteiger partial charge in [-0.2, -0.15) is 10.4 Å². The number of halogens is 1. The molecule has 2 aromatic rings. The maximum atomic E-state index is 11.6. The highest BCUT2D eigenvalue weighted by molar-refractivity contribution is 7.84. The van der Waals surface area contributed by atoms with Gasteiger partial charge in [-0.1, -0.05) is 24.6 Å². The third-order valence-electron chi connectivity index (χ3n) is 3.91. The summed E-state index contributed by atoms with van der Waals surface area (Å²) in [5, 5.41) is 19.5. The van der Waals surface area contributed by atoms with Crippen LogP contribution in [0.25, 0.3) is 11.3 Å². The summed E-state index contributed by atoms with van der Waals surface area (Å²) in [6.45, 7) is 6.62. The lowest BCUT2D eigenvalue weighted by molar-refractivity contribution is 0.386. The van der Waals surface area contributed by atoms with E-state index in [0.717, 1.165) is 17.7 Å². The third kappa shape index (κ3) is 4.44. The molecule has 0 fully saturated rings. The summed E-state index contributed by atoms with van der Waals surface area (Å²) in [6, 6.07) is 9.23. The molecule has 7 heteroatoms. The Bertz CT molecular complexity index is 794. The van der Waals surface area contributed by atoms with E-state index in [1.807, 2.05) is 42.9 Å². The predicted octanol–water partition coefficient (Wildman–Crippen LogP) is 3.50. The van der Waals surface area contributed by atoms with E-state index >= 15 is 0 Å². The first-order valence-corrected chi connectivity index (χ1v) is 9.22. The van der Waals surface area contributed by atoms with Crippen LogP contribution in [0.4, 0.5) is 0 Å². The second-order valence-electron chi connectivity index (χ2n) is 6.60. The molecule has 0 amide bonds. The molecule has 0 saturated carbocycles. The average Bonchev–Trinajstić information content (AvgIpc) is 2.94. The molecule has 0 aliphatic rings. The summed E-state index contributed by atoms with van der Waals surface area (Å²) in [4.78, 5) is 0. The highest BCUT2D eigenvalue weighted by Gasteiger charge is 2.26. The second-order valence-corrected chi connectivity index (χ2v) is 8.70. The molecule has 1 aromatic carbocycles. The van der Waals surface area contributed by atoms with Crippen molar-refractivity contribution in [1.29, 1.82) is 5.26 Å². The molecule has 2 rings (SSSR count). The molecule has 2 N–H and O–H groups in total. The molecule has 0 aliphatic carbocycles. The topological polar surface area (TPSA) is 84.7 Å². The van der Waals surface area contributed by atoms with Crippen molar-refractivity contribution in [2.75, 3.05) is 0 Å². The minimum atomic E-state index is -1.36. The van der Waals surface area contributed by atoms with Gasteiger partial charge in [0.2, 0.25) is 0 Å². The van der Waals surface area contributed by atoms with Crippen LogP contribution in [0.3, 0.4) is 0 Å². The maximum absolute atomic E-state index is 11.6. The van der Waals surface area contributed by atoms with E-state index in [-0.39, 0.29) is 5.92 Å². The van der Waals surface area contributed by atoms with Gasteiger partial charge in [0.25, 0.3) is 0 Å². The number of rotatable bonds is 6. The van der Waals surface area contributed by atoms with Gasteiger partial charge in [-0.05, 0) is 44.4 Å². The molecule has 2 atom stereocenters. The van der Waals surface area contributed by atoms with Crippen molar-refractivity contribution in [3.8, 4) is 17.3 Å². The number of benzene rings is 1. The summed E-state index contributed by atoms with van der Waals surface area (Å²) in [7, 11) is -1.36. The number of nitrogens with zero attached hydrogens (tertiary/aromatic N) is 3. The van der Waals surface area contributed by atoms with Crippen molar-refractivity contribution in [2.24, 2.45) is 11.1 Å². The van der Waals surface area contributed by atoms with Crippen molar-refractivity contribution in [1.82, 2.24) is 9.78 Å². The van der Waals surface area contributed by atoms with Gasteiger partial charge in [-0.25, -0.2) is 4.21 Å². The van der Waals surface area contributed by atoms with Crippen molar-refractivity contribution in [2.45, 2.75) is 38.5 Å². The summed E-state index contributed by atoms with van der Waals surface area (Å²) in [5.74, 6) is 0.282. The van der Waals surface area contributed by atoms with Crippen LogP contribution in [0.15, 0.2) is 30.5 Å². The summed E-state index contributed by atoms with van der Waals surface area (Å²) < 4.78 is 13.0. The van der Waals surface area contributed by atoms with E-state index < -0.39 is 15.7 Å². The minimum Gasteiger partial charge on any atom is -0.272 e. The van der Waals surface area contributed by atoms with Crippen LogP contribution >= 0.6 is 11.6 Å². The SMILES string of the molecule is C[C@H](Cn1ccc(-c2ccc(C#N)c(Cl)c2)n1)CC(C)(C)S(N)=O. The minimum absolute atomic E-state index is 0.282. The molecule has 24 heavy (non-hydrogen) atoms. The fraction of sp³-hybridized carbons (Fsp3) is 0.412. The zero-order valence-corrected chi connectivity index (χ0v) is 15.6. The van der Waals surface area contributed by atoms with Gasteiger partial charge in [-0.3, -0.25) is 9.82 Å². The number of hydrogen-bond donors (Lipinski definition) is 1. The van der Waals surface area contributed by atoms with Crippen LogP contribution in [0.2, 0.25) is 5.02 Å². The van der Waals surface area contributed by atoms with Crippen molar-refractivity contribution >= 4 is 22.6 Å². The fourth-order valence-electron chi connectivity index (χ4n) is 2.69. The molecular weight excluding hydrogens is 344 g/mol. The molecule has 5 nitrogen and oxygen atoms in total. The van der Waals surface area contributed by atoms with Crippen LogP contribution in [0.5, 0.6) is 0 Å². The lowest BCUT2D eigenvalue weighted by Gasteiger charge is -2.25. The average molecular weight is 365 g/mol. The monoisotopic (exact) mass is 364 g/mol. The van der Waals surface area contributed by atoms with Gasteiger partial charge in [0.15, 0.2) is 0 Å². The normalized spacial score (nSPS) is 14.2. The summed E-state index contributed by atoms with van der Waals surface area (Å²) in [5.41, 5.74) is 2.12. The Kier molecular flexibility index (Phi) is 5.81. The Hall–Kier alpha value is -1.68. The van der Waals surface area contributed by atoms with Gasteiger partial charge in [0, 0.05) is 18.3 Å². The zero-order valence-electron chi connectivity index (χ0n) is 14.0. The van der Waals surface area contributed by atoms with Gasteiger partial charge >= 0.3 is 0 Å². The van der Waals surface area contributed by atoms with Gasteiger partial charge in [0.05, 0.1) is 32.0 Å². The van der Waals surface area contributed by atoms with Crippen molar-refractivity contribution in [3.63, 3.8) is 0 Å². The highest BCUT2D eigenvalue weighted by atomic mass is 35.5. The van der Waals surface area contributed by atoms with E-state index in [1.54, 1.807) is 12.1 Å². The molecule has 1 aromatic heterocycles. The number of aromatic nitrogens is 2. The fourth-order valence-corrected chi connectivity index (χ4v) is 3.36. The molecule has 0 aliphatic heterocycles. The third-order valence-corrected chi connectivity index (χ3v) is 5.48. The Morgan fingerprint density at radius 3 is 2.75 bits per heavy atom. The Morgan fingerprint density at radius 2 is 2.17 bits per heavy atom. The van der Waals surface area contributed by atoms with E-state index in [0.29, 0.717) is 17.1 Å². The molecule has 0 saturated heterocycles. The smallest absolute Gasteiger partial charge is 0.101 e. The second kappa shape index (κ2) is 7.47. The van der Waals surface area contributed by atoms with Gasteiger partial charge in [0.1, 0.15) is 6.07 Å². The highest BCUT2D eigenvalue weighted by Crippen LogP contribution is 2.25. The van der Waals surface area contributed by atoms with Crippen LogP contribution in [-0.2, 0) is 17.5 Å². The molecule has 0 radical (unpaired) electrons. The number of nitrogens with two attached hydrogens (primary N) is 1.